The summed E-state index contributed by atoms with van der Waals surface area (Å²) in [5, 5.41) is 2.41. The molecule has 0 aromatic rings. The molecule has 3 rings (SSSR count). The molecule has 1 aliphatic carbocycles. The Kier molecular flexibility index (Phi) is 2.96. The molecule has 0 radical (unpaired) electrons. The van der Waals surface area contributed by atoms with Crippen LogP contribution in [0, 0.1) is 17.3 Å². The lowest BCUT2D eigenvalue weighted by Gasteiger charge is -2.41. The van der Waals surface area contributed by atoms with Crippen LogP contribution in [-0.2, 0) is 19.4 Å². The number of sulfone groups is 1. The van der Waals surface area contributed by atoms with Crippen molar-refractivity contribution in [3.63, 3.8) is 0 Å². The summed E-state index contributed by atoms with van der Waals surface area (Å²) in [6, 6.07) is 0. The van der Waals surface area contributed by atoms with Gasteiger partial charge in [-0.15, -0.1) is 0 Å². The Labute approximate surface area is 113 Å². The van der Waals surface area contributed by atoms with Crippen molar-refractivity contribution >= 4 is 21.7 Å². The number of piperidine rings is 1. The minimum Gasteiger partial charge on any atom is -0.296 e. The van der Waals surface area contributed by atoms with Gasteiger partial charge in [-0.25, -0.2) is 8.42 Å². The molecule has 2 amide bonds. The van der Waals surface area contributed by atoms with Crippen molar-refractivity contribution in [2.45, 2.75) is 38.5 Å². The molecule has 3 fully saturated rings. The van der Waals surface area contributed by atoms with Crippen LogP contribution in [-0.4, -0.2) is 31.7 Å². The molecule has 3 aliphatic rings. The first-order valence-electron chi connectivity index (χ1n) is 6.96. The Morgan fingerprint density at radius 1 is 1.16 bits per heavy atom. The zero-order valence-electron chi connectivity index (χ0n) is 10.9. The Hall–Kier alpha value is -0.910. The van der Waals surface area contributed by atoms with Crippen molar-refractivity contribution in [2.24, 2.45) is 17.3 Å². The van der Waals surface area contributed by atoms with Gasteiger partial charge in [0.2, 0.25) is 11.8 Å². The van der Waals surface area contributed by atoms with Gasteiger partial charge in [-0.2, -0.15) is 0 Å². The maximum absolute atomic E-state index is 12.2. The third-order valence-corrected chi connectivity index (χ3v) is 6.85. The molecule has 2 unspecified atom stereocenters. The minimum absolute atomic E-state index is 0.0142. The highest BCUT2D eigenvalue weighted by Gasteiger charge is 2.56. The van der Waals surface area contributed by atoms with Crippen LogP contribution in [0.15, 0.2) is 0 Å². The molecular formula is C13H19NO4S. The van der Waals surface area contributed by atoms with Crippen molar-refractivity contribution in [1.29, 1.82) is 0 Å². The minimum atomic E-state index is -3.10. The van der Waals surface area contributed by atoms with Crippen molar-refractivity contribution in [1.82, 2.24) is 5.32 Å². The lowest BCUT2D eigenvalue weighted by molar-refractivity contribution is -0.145. The van der Waals surface area contributed by atoms with Gasteiger partial charge in [0.25, 0.3) is 0 Å². The molecule has 2 saturated heterocycles. The monoisotopic (exact) mass is 285 g/mol. The first-order chi connectivity index (χ1) is 8.92. The highest BCUT2D eigenvalue weighted by molar-refractivity contribution is 7.91. The number of nitrogens with one attached hydrogen (secondary N) is 1. The first kappa shape index (κ1) is 13.1. The van der Waals surface area contributed by atoms with Gasteiger partial charge in [0.1, 0.15) is 0 Å². The van der Waals surface area contributed by atoms with Crippen molar-refractivity contribution in [3.8, 4) is 0 Å². The van der Waals surface area contributed by atoms with Gasteiger partial charge >= 0.3 is 0 Å². The predicted molar refractivity (Wildman–Crippen MR) is 68.9 cm³/mol. The zero-order chi connectivity index (χ0) is 13.7. The summed E-state index contributed by atoms with van der Waals surface area (Å²) < 4.78 is 23.7. The fraction of sp³-hybridized carbons (Fsp3) is 0.846. The molecule has 1 N–H and O–H groups in total. The molecule has 19 heavy (non-hydrogen) atoms. The smallest absolute Gasteiger partial charge is 0.230 e. The molecule has 2 aliphatic heterocycles. The van der Waals surface area contributed by atoms with Gasteiger partial charge in [0.15, 0.2) is 9.84 Å². The highest BCUT2D eigenvalue weighted by Crippen LogP contribution is 2.50. The number of hydrogen-bond donors (Lipinski definition) is 1. The summed E-state index contributed by atoms with van der Waals surface area (Å²) in [5.41, 5.74) is -0.618. The van der Waals surface area contributed by atoms with Gasteiger partial charge in [-0.3, -0.25) is 14.9 Å². The van der Waals surface area contributed by atoms with Crippen LogP contribution in [0.5, 0.6) is 0 Å². The van der Waals surface area contributed by atoms with Crippen LogP contribution in [0.3, 0.4) is 0 Å². The summed E-state index contributed by atoms with van der Waals surface area (Å²) >= 11 is 0. The summed E-state index contributed by atoms with van der Waals surface area (Å²) in [5.74, 6) is -0.445. The second-order valence-electron chi connectivity index (χ2n) is 6.32. The molecule has 0 aromatic heterocycles. The standard InChI is InChI=1S/C13H19NO4S/c15-10-7-13(5-6-19(17,18)8-13)11(12(16)14-10)9-3-1-2-4-9/h9,11H,1-8H2,(H,14,15,16). The molecule has 0 bridgehead atoms. The maximum atomic E-state index is 12.2. The van der Waals surface area contributed by atoms with E-state index in [4.69, 9.17) is 0 Å². The van der Waals surface area contributed by atoms with Crippen LogP contribution >= 0.6 is 0 Å². The Balaban J connectivity index is 1.97. The Morgan fingerprint density at radius 2 is 1.84 bits per heavy atom. The average molecular weight is 285 g/mol. The van der Waals surface area contributed by atoms with E-state index < -0.39 is 15.3 Å². The summed E-state index contributed by atoms with van der Waals surface area (Å²) in [6.07, 6.45) is 4.83. The third kappa shape index (κ3) is 2.20. The Morgan fingerprint density at radius 3 is 2.42 bits per heavy atom. The normalized spacial score (nSPS) is 38.8. The molecule has 6 heteroatoms. The lowest BCUT2D eigenvalue weighted by Crippen LogP contribution is -2.55. The average Bonchev–Trinajstić information content (AvgIpc) is 2.87. The van der Waals surface area contributed by atoms with E-state index in [0.717, 1.165) is 25.7 Å². The molecule has 106 valence electrons. The van der Waals surface area contributed by atoms with Crippen LogP contribution in [0.4, 0.5) is 0 Å². The summed E-state index contributed by atoms with van der Waals surface area (Å²) in [6.45, 7) is 0. The van der Waals surface area contributed by atoms with Gasteiger partial charge < -0.3 is 0 Å². The molecule has 2 atom stereocenters. The third-order valence-electron chi connectivity index (χ3n) is 5.01. The number of rotatable bonds is 1. The maximum Gasteiger partial charge on any atom is 0.230 e. The van der Waals surface area contributed by atoms with E-state index in [1.165, 1.54) is 0 Å². The Bertz CT molecular complexity index is 521. The SMILES string of the molecule is O=C1CC2(CCS(=O)(=O)C2)C(C2CCCC2)C(=O)N1. The predicted octanol–water partition coefficient (Wildman–Crippen LogP) is 0.644. The van der Waals surface area contributed by atoms with Crippen LogP contribution in [0.1, 0.15) is 38.5 Å². The van der Waals surface area contributed by atoms with Crippen molar-refractivity contribution in [3.05, 3.63) is 0 Å². The molecule has 5 nitrogen and oxygen atoms in total. The number of amides is 2. The largest absolute Gasteiger partial charge is 0.296 e. The number of carbonyl (C=O) groups excluding carboxylic acids is 2. The number of imide groups is 1. The van der Waals surface area contributed by atoms with E-state index >= 15 is 0 Å². The van der Waals surface area contributed by atoms with E-state index in [2.05, 4.69) is 5.32 Å². The van der Waals surface area contributed by atoms with Crippen LogP contribution in [0.25, 0.3) is 0 Å². The highest BCUT2D eigenvalue weighted by atomic mass is 32.2. The quantitative estimate of drug-likeness (QED) is 0.717. The molecule has 1 saturated carbocycles. The van der Waals surface area contributed by atoms with Crippen molar-refractivity contribution in [2.75, 3.05) is 11.5 Å². The van der Waals surface area contributed by atoms with E-state index in [0.29, 0.717) is 6.42 Å². The lowest BCUT2D eigenvalue weighted by atomic mass is 9.64. The van der Waals surface area contributed by atoms with E-state index in [1.54, 1.807) is 0 Å². The van der Waals surface area contributed by atoms with Crippen LogP contribution in [0.2, 0.25) is 0 Å². The topological polar surface area (TPSA) is 80.3 Å². The molecule has 0 aromatic carbocycles. The zero-order valence-corrected chi connectivity index (χ0v) is 11.7. The first-order valence-corrected chi connectivity index (χ1v) is 8.78. The van der Waals surface area contributed by atoms with Gasteiger partial charge in [0.05, 0.1) is 11.5 Å². The molecule has 1 spiro atoms. The van der Waals surface area contributed by atoms with E-state index in [1.807, 2.05) is 0 Å². The molecular weight excluding hydrogens is 266 g/mol. The van der Waals surface area contributed by atoms with Gasteiger partial charge in [-0.05, 0) is 25.2 Å². The number of hydrogen-bond acceptors (Lipinski definition) is 4. The second kappa shape index (κ2) is 4.30. The number of carbonyl (C=O) groups is 2. The van der Waals surface area contributed by atoms with Crippen LogP contribution < -0.4 is 5.32 Å². The summed E-state index contributed by atoms with van der Waals surface area (Å²) in [7, 11) is -3.10. The second-order valence-corrected chi connectivity index (χ2v) is 8.50. The fourth-order valence-corrected chi connectivity index (χ4v) is 6.46. The van der Waals surface area contributed by atoms with E-state index in [9.17, 15) is 18.0 Å². The molecule has 2 heterocycles. The van der Waals surface area contributed by atoms with Gasteiger partial charge in [0, 0.05) is 17.8 Å². The van der Waals surface area contributed by atoms with Crippen molar-refractivity contribution < 1.29 is 18.0 Å². The van der Waals surface area contributed by atoms with E-state index in [-0.39, 0.29) is 41.6 Å². The summed E-state index contributed by atoms with van der Waals surface area (Å²) in [4.78, 5) is 23.9. The van der Waals surface area contributed by atoms with Gasteiger partial charge in [-0.1, -0.05) is 12.8 Å². The fourth-order valence-electron chi connectivity index (χ4n) is 4.30.